The van der Waals surface area contributed by atoms with Crippen molar-refractivity contribution in [2.45, 2.75) is 31.3 Å². The molecular formula is C26H29ClN2O4S. The maximum Gasteiger partial charge on any atom is 0.251 e. The zero-order chi connectivity index (χ0) is 24.7. The minimum absolute atomic E-state index is 0.0129. The second kappa shape index (κ2) is 11.6. The molecule has 1 amide bonds. The smallest absolute Gasteiger partial charge is 0.251 e. The molecule has 0 bridgehead atoms. The fourth-order valence-electron chi connectivity index (χ4n) is 3.48. The number of nitrogens with zero attached hydrogens (tertiary/aromatic N) is 1. The molecule has 8 heteroatoms. The van der Waals surface area contributed by atoms with Crippen LogP contribution in [0.4, 0.5) is 0 Å². The SMILES string of the molecule is CC(C)CNC(=O)c1ccc(CN(C(CO)c2ccccc2)S(=O)(=O)c2ccc(Cl)cc2)cc1. The molecule has 0 saturated carbocycles. The molecule has 1 atom stereocenters. The number of amides is 1. The number of aliphatic hydroxyl groups excluding tert-OH is 1. The molecule has 0 aromatic heterocycles. The molecule has 6 nitrogen and oxygen atoms in total. The van der Waals surface area contributed by atoms with Gasteiger partial charge in [-0.1, -0.05) is 67.9 Å². The van der Waals surface area contributed by atoms with E-state index in [-0.39, 0.29) is 17.3 Å². The van der Waals surface area contributed by atoms with Gasteiger partial charge in [-0.3, -0.25) is 4.79 Å². The molecule has 0 aliphatic heterocycles. The third-order valence-corrected chi connectivity index (χ3v) is 7.47. The first-order chi connectivity index (χ1) is 16.2. The summed E-state index contributed by atoms with van der Waals surface area (Å²) in [6.07, 6.45) is 0. The Kier molecular flexibility index (Phi) is 8.85. The lowest BCUT2D eigenvalue weighted by atomic mass is 10.1. The predicted octanol–water partition coefficient (Wildman–Crippen LogP) is 4.65. The Balaban J connectivity index is 1.94. The van der Waals surface area contributed by atoms with Crippen molar-refractivity contribution in [1.82, 2.24) is 9.62 Å². The highest BCUT2D eigenvalue weighted by Crippen LogP contribution is 2.30. The van der Waals surface area contributed by atoms with Crippen molar-refractivity contribution in [2.24, 2.45) is 5.92 Å². The summed E-state index contributed by atoms with van der Waals surface area (Å²) in [6, 6.07) is 21.0. The Morgan fingerprint density at radius 1 is 0.971 bits per heavy atom. The van der Waals surface area contributed by atoms with E-state index in [0.717, 1.165) is 0 Å². The van der Waals surface area contributed by atoms with Gasteiger partial charge in [0.25, 0.3) is 5.91 Å². The normalized spacial score (nSPS) is 12.6. The number of hydrogen-bond donors (Lipinski definition) is 2. The Hall–Kier alpha value is -2.71. The molecule has 0 saturated heterocycles. The fourth-order valence-corrected chi connectivity index (χ4v) is 5.20. The lowest BCUT2D eigenvalue weighted by Crippen LogP contribution is -2.36. The predicted molar refractivity (Wildman–Crippen MR) is 134 cm³/mol. The van der Waals surface area contributed by atoms with Crippen molar-refractivity contribution >= 4 is 27.5 Å². The number of sulfonamides is 1. The van der Waals surface area contributed by atoms with E-state index in [4.69, 9.17) is 11.6 Å². The molecule has 34 heavy (non-hydrogen) atoms. The summed E-state index contributed by atoms with van der Waals surface area (Å²) >= 11 is 5.96. The van der Waals surface area contributed by atoms with Gasteiger partial charge in [0.1, 0.15) is 0 Å². The van der Waals surface area contributed by atoms with Crippen molar-refractivity contribution in [3.63, 3.8) is 0 Å². The van der Waals surface area contributed by atoms with E-state index in [1.54, 1.807) is 48.5 Å². The van der Waals surface area contributed by atoms with E-state index >= 15 is 0 Å². The van der Waals surface area contributed by atoms with E-state index in [2.05, 4.69) is 5.32 Å². The van der Waals surface area contributed by atoms with Crippen LogP contribution in [0.3, 0.4) is 0 Å². The standard InChI is InChI=1S/C26H29ClN2O4S/c1-19(2)16-28-26(31)22-10-8-20(9-11-22)17-29(25(18-30)21-6-4-3-5-7-21)34(32,33)24-14-12-23(27)13-15-24/h3-15,19,25,30H,16-18H2,1-2H3,(H,28,31). The number of nitrogens with one attached hydrogen (secondary N) is 1. The molecule has 2 N–H and O–H groups in total. The average Bonchev–Trinajstić information content (AvgIpc) is 2.83. The highest BCUT2D eigenvalue weighted by Gasteiger charge is 2.32. The lowest BCUT2D eigenvalue weighted by molar-refractivity contribution is 0.0949. The van der Waals surface area contributed by atoms with Crippen LogP contribution in [-0.4, -0.2) is 36.9 Å². The molecule has 0 fully saturated rings. The van der Waals surface area contributed by atoms with E-state index < -0.39 is 22.7 Å². The van der Waals surface area contributed by atoms with Crippen LogP contribution in [0.5, 0.6) is 0 Å². The van der Waals surface area contributed by atoms with Gasteiger partial charge in [0, 0.05) is 23.7 Å². The van der Waals surface area contributed by atoms with E-state index in [0.29, 0.717) is 34.2 Å². The number of carbonyl (C=O) groups excluding carboxylic acids is 1. The molecule has 3 aromatic carbocycles. The number of rotatable bonds is 10. The Morgan fingerprint density at radius 2 is 1.59 bits per heavy atom. The van der Waals surface area contributed by atoms with Crippen molar-refractivity contribution in [2.75, 3.05) is 13.2 Å². The molecule has 0 spiro atoms. The minimum Gasteiger partial charge on any atom is -0.394 e. The number of benzene rings is 3. The number of hydrogen-bond acceptors (Lipinski definition) is 4. The van der Waals surface area contributed by atoms with E-state index in [9.17, 15) is 18.3 Å². The lowest BCUT2D eigenvalue weighted by Gasteiger charge is -2.30. The van der Waals surface area contributed by atoms with Gasteiger partial charge < -0.3 is 10.4 Å². The van der Waals surface area contributed by atoms with Crippen LogP contribution in [0.25, 0.3) is 0 Å². The van der Waals surface area contributed by atoms with Gasteiger partial charge in [-0.25, -0.2) is 8.42 Å². The molecular weight excluding hydrogens is 472 g/mol. The summed E-state index contributed by atoms with van der Waals surface area (Å²) < 4.78 is 28.6. The maximum atomic E-state index is 13.7. The third kappa shape index (κ3) is 6.45. The second-order valence-electron chi connectivity index (χ2n) is 8.41. The summed E-state index contributed by atoms with van der Waals surface area (Å²) in [4.78, 5) is 12.4. The van der Waals surface area contributed by atoms with E-state index in [1.807, 2.05) is 19.9 Å². The van der Waals surface area contributed by atoms with Crippen molar-refractivity contribution in [3.8, 4) is 0 Å². The van der Waals surface area contributed by atoms with Crippen LogP contribution in [0.1, 0.15) is 41.4 Å². The van der Waals surface area contributed by atoms with Crippen molar-refractivity contribution < 1.29 is 18.3 Å². The largest absolute Gasteiger partial charge is 0.394 e. The van der Waals surface area contributed by atoms with Crippen LogP contribution in [0.15, 0.2) is 83.8 Å². The van der Waals surface area contributed by atoms with Gasteiger partial charge in [0.2, 0.25) is 10.0 Å². The quantitative estimate of drug-likeness (QED) is 0.424. The fraction of sp³-hybridized carbons (Fsp3) is 0.269. The first-order valence-electron chi connectivity index (χ1n) is 11.0. The highest BCUT2D eigenvalue weighted by atomic mass is 35.5. The summed E-state index contributed by atoms with van der Waals surface area (Å²) in [6.45, 7) is 4.22. The van der Waals surface area contributed by atoms with Crippen LogP contribution in [-0.2, 0) is 16.6 Å². The first-order valence-corrected chi connectivity index (χ1v) is 12.8. The van der Waals surface area contributed by atoms with Gasteiger partial charge in [0.15, 0.2) is 0 Å². The van der Waals surface area contributed by atoms with Crippen LogP contribution in [0, 0.1) is 5.92 Å². The van der Waals surface area contributed by atoms with Gasteiger partial charge in [-0.15, -0.1) is 0 Å². The summed E-state index contributed by atoms with van der Waals surface area (Å²) in [5.41, 5.74) is 1.86. The van der Waals surface area contributed by atoms with Gasteiger partial charge in [-0.2, -0.15) is 4.31 Å². The minimum atomic E-state index is -3.98. The van der Waals surface area contributed by atoms with Crippen molar-refractivity contribution in [1.29, 1.82) is 0 Å². The van der Waals surface area contributed by atoms with Gasteiger partial charge >= 0.3 is 0 Å². The average molecular weight is 501 g/mol. The molecule has 1 unspecified atom stereocenters. The number of aliphatic hydroxyl groups is 1. The third-order valence-electron chi connectivity index (χ3n) is 5.35. The molecule has 3 aromatic rings. The topological polar surface area (TPSA) is 86.7 Å². The van der Waals surface area contributed by atoms with Crippen LogP contribution >= 0.6 is 11.6 Å². The molecule has 0 heterocycles. The zero-order valence-corrected chi connectivity index (χ0v) is 20.8. The van der Waals surface area contributed by atoms with Gasteiger partial charge in [-0.05, 0) is 53.4 Å². The molecule has 3 rings (SSSR count). The molecule has 0 radical (unpaired) electrons. The molecule has 0 aliphatic carbocycles. The number of halogens is 1. The monoisotopic (exact) mass is 500 g/mol. The summed E-state index contributed by atoms with van der Waals surface area (Å²) in [7, 11) is -3.98. The highest BCUT2D eigenvalue weighted by molar-refractivity contribution is 7.89. The Morgan fingerprint density at radius 3 is 2.15 bits per heavy atom. The molecule has 180 valence electrons. The Bertz CT molecular complexity index is 1180. The zero-order valence-electron chi connectivity index (χ0n) is 19.2. The second-order valence-corrected chi connectivity index (χ2v) is 10.7. The Labute approximate surface area is 206 Å². The van der Waals surface area contributed by atoms with Gasteiger partial charge in [0.05, 0.1) is 17.5 Å². The number of carbonyl (C=O) groups is 1. The van der Waals surface area contributed by atoms with E-state index in [1.165, 1.54) is 28.6 Å². The van der Waals surface area contributed by atoms with Crippen LogP contribution < -0.4 is 5.32 Å². The first kappa shape index (κ1) is 25.9. The van der Waals surface area contributed by atoms with Crippen LogP contribution in [0.2, 0.25) is 5.02 Å². The summed E-state index contributed by atoms with van der Waals surface area (Å²) in [5, 5.41) is 13.5. The maximum absolute atomic E-state index is 13.7. The molecule has 0 aliphatic rings. The van der Waals surface area contributed by atoms with Crippen molar-refractivity contribution in [3.05, 3.63) is 101 Å². The summed E-state index contributed by atoms with van der Waals surface area (Å²) in [5.74, 6) is 0.159.